The molecule has 0 spiro atoms. The second kappa shape index (κ2) is 41.9. The molecule has 22 atom stereocenters. The number of carbonyl (C=O) groups excluding carboxylic acids is 17. The molecule has 0 radical (unpaired) electrons. The van der Waals surface area contributed by atoms with Gasteiger partial charge in [0.1, 0.15) is 81.4 Å². The molecule has 0 bridgehead atoms. The number of ether oxygens (including phenoxy) is 23. The average Bonchev–Trinajstić information content (AvgIpc) is 0.725. The summed E-state index contributed by atoms with van der Waals surface area (Å²) in [6.07, 6.45) is -43.6. The maximum Gasteiger partial charge on any atom is 0.366 e. The molecule has 4 rings (SSSR count). The maximum atomic E-state index is 15.5. The van der Waals surface area contributed by atoms with E-state index in [0.29, 0.717) is 7.11 Å². The van der Waals surface area contributed by atoms with Crippen molar-refractivity contribution >= 4 is 142 Å². The molecule has 46 heteroatoms. The normalized spacial score (nSPS) is 28.5. The van der Waals surface area contributed by atoms with Crippen LogP contribution in [0.5, 0.6) is 0 Å². The summed E-state index contributed by atoms with van der Waals surface area (Å²) in [7, 11) is 1.44. The van der Waals surface area contributed by atoms with Crippen LogP contribution in [0.1, 0.15) is 131 Å². The summed E-state index contributed by atoms with van der Waals surface area (Å²) in [5.41, 5.74) is -1.45. The van der Waals surface area contributed by atoms with Crippen molar-refractivity contribution < 1.29 is 190 Å². The zero-order valence-electron chi connectivity index (χ0n) is 64.8. The number of hydrogen-bond donors (Lipinski definition) is 3. The quantitative estimate of drug-likeness (QED) is 0.0261. The molecule has 4 aliphatic rings. The fourth-order valence-corrected chi connectivity index (χ4v) is 12.1. The van der Waals surface area contributed by atoms with Gasteiger partial charge >= 0.3 is 89.5 Å². The van der Waals surface area contributed by atoms with Gasteiger partial charge in [-0.3, -0.25) is 77.3 Å². The summed E-state index contributed by atoms with van der Waals surface area (Å²) in [6.45, 7) is 11.7. The summed E-state index contributed by atoms with van der Waals surface area (Å²) in [6, 6.07) is -3.98. The molecule has 3 N–H and O–H groups in total. The van der Waals surface area contributed by atoms with Gasteiger partial charge in [-0.2, -0.15) is 0 Å². The minimum atomic E-state index is -3.53. The SMILES string of the molecule is COC(=O)[C@@]1(O[C@H](COC(C)=O)[C@@H](OC(C)=O)[C@@H]2O[C@@](O[C@H]3[C@@H](OC(C)=O)[C@@H](COC(C)=O)O[C@@H](O[C@H]4[C@H](OC(C)=O)[C@@H](OC(=O)C(C)(C)C)[C@@H](OC(=N)C(Cl)(Cl)Cl)O[C@@H]4COC(C)=O)[C@@H]3OC(C)=O)(C(=O)OC)C[C@H](OC(C)=O)[C@H]2NC(C)=O)C[C@H](OC(C)=O)[C@@H](NC(C)=O)[C@H]([C@H](OC(C)=O)[C@@H](COC(C)=O)OC(C)=O)O1. The zero-order valence-corrected chi connectivity index (χ0v) is 67.0. The molecular weight excluding hydrogens is 1590 g/mol. The Bertz CT molecular complexity index is 3530. The number of carbonyl (C=O) groups is 17. The Hall–Kier alpha value is -8.95. The van der Waals surface area contributed by atoms with Crippen molar-refractivity contribution in [3.8, 4) is 0 Å². The molecule has 43 nitrogen and oxygen atoms in total. The van der Waals surface area contributed by atoms with Crippen LogP contribution in [-0.4, -0.2) is 286 Å². The van der Waals surface area contributed by atoms with Gasteiger partial charge in [-0.1, -0.05) is 34.8 Å². The highest BCUT2D eigenvalue weighted by atomic mass is 35.6. The molecule has 4 fully saturated rings. The highest BCUT2D eigenvalue weighted by molar-refractivity contribution is 6.76. The van der Waals surface area contributed by atoms with Crippen molar-refractivity contribution in [1.82, 2.24) is 10.6 Å². The topological polar surface area (TPSA) is 550 Å². The Kier molecular flexibility index (Phi) is 35.7. The molecule has 0 aromatic carbocycles. The largest absolute Gasteiger partial charge is 0.465 e. The zero-order chi connectivity index (χ0) is 85.9. The smallest absolute Gasteiger partial charge is 0.366 e. The third-order valence-electron chi connectivity index (χ3n) is 16.0. The first-order valence-corrected chi connectivity index (χ1v) is 35.3. The molecule has 0 saturated carbocycles. The minimum Gasteiger partial charge on any atom is -0.465 e. The number of halogens is 3. The van der Waals surface area contributed by atoms with Crippen LogP contribution in [0.4, 0.5) is 0 Å². The molecule has 4 aliphatic heterocycles. The first-order chi connectivity index (χ1) is 52.3. The van der Waals surface area contributed by atoms with Gasteiger partial charge in [0.05, 0.1) is 44.6 Å². The second-order valence-electron chi connectivity index (χ2n) is 26.5. The van der Waals surface area contributed by atoms with Crippen LogP contribution in [0.15, 0.2) is 0 Å². The Labute approximate surface area is 660 Å². The van der Waals surface area contributed by atoms with E-state index in [9.17, 15) is 71.9 Å². The molecule has 4 heterocycles. The fraction of sp³-hybridized carbons (Fsp3) is 0.731. The van der Waals surface area contributed by atoms with Gasteiger partial charge in [-0.15, -0.1) is 0 Å². The summed E-state index contributed by atoms with van der Waals surface area (Å²) >= 11 is 18.1. The van der Waals surface area contributed by atoms with Gasteiger partial charge in [-0.25, -0.2) is 9.59 Å². The van der Waals surface area contributed by atoms with E-state index in [-0.39, 0.29) is 0 Å². The first-order valence-electron chi connectivity index (χ1n) is 34.1. The molecule has 113 heavy (non-hydrogen) atoms. The number of nitrogens with one attached hydrogen (secondary N) is 3. The van der Waals surface area contributed by atoms with Gasteiger partial charge < -0.3 is 120 Å². The fourth-order valence-electron chi connectivity index (χ4n) is 12.0. The molecule has 0 aliphatic carbocycles. The molecule has 0 unspecified atom stereocenters. The summed E-state index contributed by atoms with van der Waals surface area (Å²) in [4.78, 5) is 231. The van der Waals surface area contributed by atoms with Crippen molar-refractivity contribution in [2.75, 3.05) is 40.6 Å². The van der Waals surface area contributed by atoms with E-state index >= 15 is 9.59 Å². The third kappa shape index (κ3) is 28.2. The lowest BCUT2D eigenvalue weighted by Crippen LogP contribution is -2.73. The van der Waals surface area contributed by atoms with Crippen molar-refractivity contribution in [3.05, 3.63) is 0 Å². The van der Waals surface area contributed by atoms with E-state index in [0.717, 1.165) is 104 Å². The summed E-state index contributed by atoms with van der Waals surface area (Å²) < 4.78 is 133. The highest BCUT2D eigenvalue weighted by Gasteiger charge is 2.67. The van der Waals surface area contributed by atoms with E-state index in [2.05, 4.69) is 10.6 Å². The molecule has 0 aromatic rings. The number of hydrogen-bond acceptors (Lipinski definition) is 41. The van der Waals surface area contributed by atoms with Crippen molar-refractivity contribution in [2.45, 2.75) is 268 Å². The van der Waals surface area contributed by atoms with E-state index in [1.807, 2.05) is 0 Å². The standard InChI is InChI=1S/C67H92Cl3N3O40/c1-26(74)72-46-40(97-32(7)80)20-65(62(89)91-18,111-52(46)48(100-35(10)83)42(99-34(9)82)22-93-28(3)76)110-45(25-96-31(6)79)51(102-37(12)85)53-47(73-27(2)75)41(98-33(8)81)21-66(112-53,63(90)92-19)113-55-50(101-36(11)84)44(24-95-30(5)78)105-58(57(55)104-39(14)87)107-49-43(23-94-29(4)77)106-59(109-60(71)67(68,69)70)56(54(49)103-38(13)86)108-61(88)64(15,16)17/h40-59,71H,20-25H2,1-19H3,(H,72,74)(H,73,75)/t40-,41-,42+,43+,44+,45+,46+,47+,48+,49+,50-,51+,52+,53+,54-,55-,56+,57+,58-,59+,65+,66-/m0/s1. The van der Waals surface area contributed by atoms with Crippen molar-refractivity contribution in [1.29, 1.82) is 5.41 Å². The summed E-state index contributed by atoms with van der Waals surface area (Å²) in [5, 5.41) is 13.4. The Balaban J connectivity index is 2.29. The molecule has 636 valence electrons. The molecule has 0 aromatic heterocycles. The van der Waals surface area contributed by atoms with E-state index in [1.54, 1.807) is 0 Å². The summed E-state index contributed by atoms with van der Waals surface area (Å²) in [5.74, 6) is -29.1. The molecule has 4 saturated heterocycles. The van der Waals surface area contributed by atoms with Gasteiger partial charge in [0.15, 0.2) is 42.9 Å². The predicted octanol–water partition coefficient (Wildman–Crippen LogP) is -0.0544. The van der Waals surface area contributed by atoms with Crippen LogP contribution in [0.2, 0.25) is 0 Å². The van der Waals surface area contributed by atoms with Gasteiger partial charge in [0, 0.05) is 96.9 Å². The van der Waals surface area contributed by atoms with Crippen LogP contribution in [0, 0.1) is 10.8 Å². The maximum absolute atomic E-state index is 15.5. The first kappa shape index (κ1) is 96.4. The van der Waals surface area contributed by atoms with Crippen LogP contribution in [-0.2, 0) is 190 Å². The molecule has 2 amide bonds. The Morgan fingerprint density at radius 1 is 0.434 bits per heavy atom. The number of alkyl halides is 3. The Morgan fingerprint density at radius 3 is 1.22 bits per heavy atom. The van der Waals surface area contributed by atoms with Crippen molar-refractivity contribution in [2.24, 2.45) is 5.41 Å². The van der Waals surface area contributed by atoms with Gasteiger partial charge in [-0.05, 0) is 20.8 Å². The van der Waals surface area contributed by atoms with Crippen LogP contribution in [0.3, 0.4) is 0 Å². The van der Waals surface area contributed by atoms with E-state index in [1.165, 1.54) is 20.8 Å². The second-order valence-corrected chi connectivity index (χ2v) is 28.8. The van der Waals surface area contributed by atoms with E-state index < -0.39 is 290 Å². The number of rotatable bonds is 32. The van der Waals surface area contributed by atoms with Crippen molar-refractivity contribution in [3.63, 3.8) is 0 Å². The minimum absolute atomic E-state index is 0.706. The van der Waals surface area contributed by atoms with Crippen LogP contribution in [0.25, 0.3) is 0 Å². The van der Waals surface area contributed by atoms with E-state index in [4.69, 9.17) is 149 Å². The lowest BCUT2D eigenvalue weighted by atomic mass is 9.86. The number of methoxy groups -OCH3 is 2. The third-order valence-corrected chi connectivity index (χ3v) is 16.5. The Morgan fingerprint density at radius 2 is 0.814 bits per heavy atom. The van der Waals surface area contributed by atoms with Gasteiger partial charge in [0.2, 0.25) is 30.1 Å². The molecular formula is C67H92Cl3N3O40. The predicted molar refractivity (Wildman–Crippen MR) is 365 cm³/mol. The number of esters is 15. The number of amides is 2. The lowest BCUT2D eigenvalue weighted by molar-refractivity contribution is -0.387. The average molecular weight is 1690 g/mol. The lowest BCUT2D eigenvalue weighted by Gasteiger charge is -2.53. The van der Waals surface area contributed by atoms with Crippen LogP contribution >= 0.6 is 34.8 Å². The monoisotopic (exact) mass is 1680 g/mol. The highest BCUT2D eigenvalue weighted by Crippen LogP contribution is 2.45. The van der Waals surface area contributed by atoms with Gasteiger partial charge in [0.25, 0.3) is 15.4 Å². The van der Waals surface area contributed by atoms with Crippen LogP contribution < -0.4 is 10.6 Å².